The molecule has 0 amide bonds. The molecule has 0 rings (SSSR count). The van der Waals surface area contributed by atoms with Crippen LogP contribution in [0.25, 0.3) is 0 Å². The van der Waals surface area contributed by atoms with E-state index in [0.717, 1.165) is 0 Å². The van der Waals surface area contributed by atoms with Crippen molar-refractivity contribution in [3.8, 4) is 0 Å². The molecule has 0 aromatic carbocycles. The summed E-state index contributed by atoms with van der Waals surface area (Å²) in [5, 5.41) is 0. The van der Waals surface area contributed by atoms with Gasteiger partial charge in [0.05, 0.1) is 0 Å². The Balaban J connectivity index is -0.000000000833. The van der Waals surface area contributed by atoms with E-state index in [0.29, 0.717) is 0 Å². The van der Waals surface area contributed by atoms with Gasteiger partial charge in [0.15, 0.2) is 0 Å². The molecule has 0 radical (unpaired) electrons. The zero-order valence-corrected chi connectivity index (χ0v) is 7.64. The molecule has 0 aliphatic heterocycles. The minimum atomic E-state index is 0. The summed E-state index contributed by atoms with van der Waals surface area (Å²) in [6.07, 6.45) is 0. The van der Waals surface area contributed by atoms with E-state index >= 15 is 0 Å². The Bertz CT molecular complexity index is 8.75. The second kappa shape index (κ2) is 87.9. The van der Waals surface area contributed by atoms with Crippen LogP contribution >= 0.6 is 0 Å². The molecule has 0 saturated carbocycles. The quantitative estimate of drug-likeness (QED) is 0.359. The maximum atomic E-state index is 4.25. The van der Waals surface area contributed by atoms with Crippen LogP contribution in [0, 0.1) is 6.58 Å². The fraction of sp³-hybridized carbons (Fsp3) is 0. The first-order valence-corrected chi connectivity index (χ1v) is 0.408. The second-order valence-electron chi connectivity index (χ2n) is 0. The maximum absolute atomic E-state index is 4.25. The summed E-state index contributed by atoms with van der Waals surface area (Å²) in [5.74, 6) is 0. The van der Waals surface area contributed by atoms with Gasteiger partial charge in [0.1, 0.15) is 0 Å². The van der Waals surface area contributed by atoms with E-state index in [4.69, 9.17) is 0 Å². The Morgan fingerprint density at radius 1 is 0.833 bits per heavy atom. The van der Waals surface area contributed by atoms with E-state index in [1.54, 1.807) is 0 Å². The number of rotatable bonds is 0. The Hall–Kier alpha value is 1.49. The molecule has 0 bridgehead atoms. The molecule has 0 aromatic rings. The molecule has 0 N–H and O–H groups in total. The predicted octanol–water partition coefficient (Wildman–Crippen LogP) is -8.39. The van der Waals surface area contributed by atoms with Gasteiger partial charge in [-0.1, -0.05) is 0 Å². The van der Waals surface area contributed by atoms with Crippen molar-refractivity contribution in [2.75, 3.05) is 0 Å². The van der Waals surface area contributed by atoms with Gasteiger partial charge in [0.25, 0.3) is 0 Å². The smallest absolute Gasteiger partial charge is 1.00 e. The molecule has 0 aliphatic carbocycles. The zero-order valence-electron chi connectivity index (χ0n) is 2.92. The van der Waals surface area contributed by atoms with Crippen LogP contribution in [0.2, 0.25) is 0 Å². The minimum absolute atomic E-state index is 0. The van der Waals surface area contributed by atoms with Crippen molar-refractivity contribution >= 4 is 0 Å². The van der Waals surface area contributed by atoms with Gasteiger partial charge in [-0.05, 0) is 0 Å². The molecule has 6 heavy (non-hydrogen) atoms. The molecule has 0 fully saturated rings. The Labute approximate surface area is 76.1 Å². The van der Waals surface area contributed by atoms with E-state index in [1.807, 2.05) is 0 Å². The Kier molecular flexibility index (Phi) is 744. The minimum Gasteiger partial charge on any atom is -1.00 e. The van der Waals surface area contributed by atoms with Gasteiger partial charge in [0.2, 0.25) is 0 Å². The molecule has 0 heterocycles. The molecule has 0 nitrogen and oxygen atoms in total. The third-order valence-corrected chi connectivity index (χ3v) is 0. The van der Waals surface area contributed by atoms with Crippen LogP contribution in [0.3, 0.4) is 0 Å². The molecule has 4 heteroatoms. The molecule has 0 unspecified atom stereocenters. The van der Waals surface area contributed by atoms with E-state index in [1.165, 1.54) is 0 Å². The predicted molar refractivity (Wildman–Crippen MR) is 9.93 cm³/mol. The molecule has 0 aliphatic rings. The molecule has 0 spiro atoms. The first-order chi connectivity index (χ1) is 1.00. The number of halogens is 3. The van der Waals surface area contributed by atoms with Gasteiger partial charge in [0, 0.05) is 0 Å². The van der Waals surface area contributed by atoms with Gasteiger partial charge in [-0.3, -0.25) is 6.58 Å². The van der Waals surface area contributed by atoms with Crippen LogP contribution in [0.4, 0.5) is 0 Å². The number of hydrogen-bond acceptors (Lipinski definition) is 0. The first kappa shape index (κ1) is 50.8. The van der Waals surface area contributed by atoms with Crippen LogP contribution in [0.15, 0.2) is 6.58 Å². The second-order valence-corrected chi connectivity index (χ2v) is 0. The van der Waals surface area contributed by atoms with Crippen molar-refractivity contribution in [3.63, 3.8) is 0 Å². The summed E-state index contributed by atoms with van der Waals surface area (Å²) in [4.78, 5) is 0. The Morgan fingerprint density at radius 3 is 0.833 bits per heavy atom. The summed E-state index contributed by atoms with van der Waals surface area (Å²) in [5.41, 5.74) is 0. The average molecular weight is 225 g/mol. The van der Waals surface area contributed by atoms with Crippen molar-refractivity contribution in [2.45, 2.75) is 0 Å². The summed E-state index contributed by atoms with van der Waals surface area (Å²) in [7, 11) is 0. The van der Waals surface area contributed by atoms with Crippen molar-refractivity contribution in [3.05, 3.63) is 13.2 Å². The van der Waals surface area contributed by atoms with Gasteiger partial charge in [-0.25, -0.2) is 0 Å². The van der Waals surface area contributed by atoms with Crippen LogP contribution in [0.5, 0.6) is 0 Å². The fourth-order valence-corrected chi connectivity index (χ4v) is 0. The third kappa shape index (κ3) is 49.7. The van der Waals surface area contributed by atoms with Crippen molar-refractivity contribution < 1.29 is 63.4 Å². The van der Waals surface area contributed by atoms with Crippen molar-refractivity contribution in [2.24, 2.45) is 0 Å². The standard InChI is InChI=1S/C2H3.3ClH.Zr/c1-2;;;;/h1H,2H2;3*1H;/q-1;;;;+4/p-3. The molecule has 36 valence electrons. The fourth-order valence-electron chi connectivity index (χ4n) is 0. The normalized spacial score (nSPS) is 0.667. The molecular formula is C2H3Cl3Zr. The monoisotopic (exact) mass is 222 g/mol. The van der Waals surface area contributed by atoms with E-state index < -0.39 is 0 Å². The molecule has 0 aromatic heterocycles. The maximum Gasteiger partial charge on any atom is 4.00 e. The summed E-state index contributed by atoms with van der Waals surface area (Å²) >= 11 is 0. The van der Waals surface area contributed by atoms with Crippen LogP contribution in [-0.4, -0.2) is 0 Å². The first-order valence-electron chi connectivity index (χ1n) is 0.408. The van der Waals surface area contributed by atoms with Crippen molar-refractivity contribution in [1.29, 1.82) is 0 Å². The summed E-state index contributed by atoms with van der Waals surface area (Å²) in [6.45, 7) is 7.00. The van der Waals surface area contributed by atoms with Gasteiger partial charge in [-0.2, -0.15) is 0 Å². The largest absolute Gasteiger partial charge is 4.00 e. The van der Waals surface area contributed by atoms with Gasteiger partial charge >= 0.3 is 26.2 Å². The van der Waals surface area contributed by atoms with E-state index in [9.17, 15) is 0 Å². The molecule has 0 saturated heterocycles. The van der Waals surface area contributed by atoms with Crippen molar-refractivity contribution in [1.82, 2.24) is 0 Å². The van der Waals surface area contributed by atoms with Gasteiger partial charge < -0.3 is 43.8 Å². The summed E-state index contributed by atoms with van der Waals surface area (Å²) < 4.78 is 0. The van der Waals surface area contributed by atoms with Crippen LogP contribution < -0.4 is 37.2 Å². The van der Waals surface area contributed by atoms with E-state index in [-0.39, 0.29) is 63.4 Å². The van der Waals surface area contributed by atoms with Gasteiger partial charge in [-0.15, -0.1) is 0 Å². The van der Waals surface area contributed by atoms with E-state index in [2.05, 4.69) is 13.2 Å². The number of hydrogen-bond donors (Lipinski definition) is 0. The van der Waals surface area contributed by atoms with Crippen LogP contribution in [0.1, 0.15) is 0 Å². The third-order valence-electron chi connectivity index (χ3n) is 0. The summed E-state index contributed by atoms with van der Waals surface area (Å²) in [6, 6.07) is 0. The molecular weight excluding hydrogens is 222 g/mol. The topological polar surface area (TPSA) is 0 Å². The average Bonchev–Trinajstić information content (AvgIpc) is 1.00. The Morgan fingerprint density at radius 2 is 0.833 bits per heavy atom. The molecule has 0 atom stereocenters. The SMILES string of the molecule is [CH-]=C.[Cl-].[Cl-].[Cl-].[Zr+4]. The van der Waals surface area contributed by atoms with Crippen LogP contribution in [-0.2, 0) is 26.2 Å². The zero-order chi connectivity index (χ0) is 2.00.